The molecule has 0 radical (unpaired) electrons. The van der Waals surface area contributed by atoms with Crippen LogP contribution in [0.4, 0.5) is 0 Å². The molecule has 1 atom stereocenters. The van der Waals surface area contributed by atoms with Crippen LogP contribution in [-0.4, -0.2) is 28.0 Å². The summed E-state index contributed by atoms with van der Waals surface area (Å²) in [6, 6.07) is 0. The lowest BCUT2D eigenvalue weighted by atomic mass is 9.95. The zero-order chi connectivity index (χ0) is 11.8. The largest absolute Gasteiger partial charge is 0.381 e. The van der Waals surface area contributed by atoms with E-state index in [-0.39, 0.29) is 5.41 Å². The highest BCUT2D eigenvalue weighted by Gasteiger charge is 2.26. The van der Waals surface area contributed by atoms with E-state index in [0.29, 0.717) is 11.2 Å². The predicted molar refractivity (Wildman–Crippen MR) is 62.7 cm³/mol. The lowest BCUT2D eigenvalue weighted by molar-refractivity contribution is 0.182. The molecule has 5 heteroatoms. The number of hydrogen-bond donors (Lipinski definition) is 0. The van der Waals surface area contributed by atoms with Gasteiger partial charge in [0.25, 0.3) is 0 Å². The molecule has 1 unspecified atom stereocenters. The zero-order valence-corrected chi connectivity index (χ0v) is 10.8. The van der Waals surface area contributed by atoms with Crippen molar-refractivity contribution in [1.29, 1.82) is 0 Å². The van der Waals surface area contributed by atoms with Crippen LogP contribution in [-0.2, 0) is 16.7 Å². The van der Waals surface area contributed by atoms with Gasteiger partial charge in [-0.2, -0.15) is 0 Å². The normalized spacial score (nSPS) is 21.6. The number of nitrogens with zero attached hydrogens (tertiary/aromatic N) is 3. The minimum absolute atomic E-state index is 0.0282. The van der Waals surface area contributed by atoms with Crippen LogP contribution in [0.15, 0.2) is 0 Å². The lowest BCUT2D eigenvalue weighted by Gasteiger charge is -2.20. The second-order valence-corrected chi connectivity index (χ2v) is 5.72. The standard InChI is InChI=1S/C11H18ClN3O/c1-11(2,3)9-13-14-10(12)15(9)6-8-4-5-16-7-8/h8H,4-7H2,1-3H3. The monoisotopic (exact) mass is 243 g/mol. The quantitative estimate of drug-likeness (QED) is 0.800. The smallest absolute Gasteiger partial charge is 0.225 e. The van der Waals surface area contributed by atoms with Gasteiger partial charge in [-0.25, -0.2) is 0 Å². The van der Waals surface area contributed by atoms with Crippen molar-refractivity contribution in [3.8, 4) is 0 Å². The van der Waals surface area contributed by atoms with Crippen molar-refractivity contribution in [3.63, 3.8) is 0 Å². The fourth-order valence-electron chi connectivity index (χ4n) is 1.99. The Balaban J connectivity index is 2.21. The predicted octanol–water partition coefficient (Wildman–Crippen LogP) is 2.27. The molecule has 0 amide bonds. The third kappa shape index (κ3) is 2.38. The van der Waals surface area contributed by atoms with E-state index in [1.807, 2.05) is 4.57 Å². The molecule has 4 nitrogen and oxygen atoms in total. The summed E-state index contributed by atoms with van der Waals surface area (Å²) in [6.45, 7) is 8.89. The third-order valence-electron chi connectivity index (χ3n) is 2.84. The van der Waals surface area contributed by atoms with E-state index in [1.54, 1.807) is 0 Å². The van der Waals surface area contributed by atoms with Gasteiger partial charge in [0.2, 0.25) is 5.28 Å². The van der Waals surface area contributed by atoms with Crippen LogP contribution in [0.2, 0.25) is 5.28 Å². The summed E-state index contributed by atoms with van der Waals surface area (Å²) in [5.74, 6) is 1.49. The van der Waals surface area contributed by atoms with Gasteiger partial charge >= 0.3 is 0 Å². The molecule has 16 heavy (non-hydrogen) atoms. The molecule has 1 aromatic heterocycles. The van der Waals surface area contributed by atoms with E-state index in [0.717, 1.165) is 32.0 Å². The first-order chi connectivity index (χ1) is 7.48. The SMILES string of the molecule is CC(C)(C)c1nnc(Cl)n1CC1CCOC1. The number of hydrogen-bond acceptors (Lipinski definition) is 3. The van der Waals surface area contributed by atoms with Gasteiger partial charge < -0.3 is 9.30 Å². The molecule has 1 saturated heterocycles. The first-order valence-corrected chi connectivity index (χ1v) is 6.03. The summed E-state index contributed by atoms with van der Waals surface area (Å²) >= 11 is 6.08. The molecular weight excluding hydrogens is 226 g/mol. The molecule has 2 heterocycles. The lowest BCUT2D eigenvalue weighted by Crippen LogP contribution is -2.22. The highest BCUT2D eigenvalue weighted by molar-refractivity contribution is 6.28. The summed E-state index contributed by atoms with van der Waals surface area (Å²) < 4.78 is 7.39. The van der Waals surface area contributed by atoms with Crippen LogP contribution in [0.25, 0.3) is 0 Å². The Morgan fingerprint density at radius 2 is 2.19 bits per heavy atom. The Bertz CT molecular complexity index is 364. The van der Waals surface area contributed by atoms with Crippen LogP contribution in [0.3, 0.4) is 0 Å². The molecule has 1 aliphatic rings. The van der Waals surface area contributed by atoms with E-state index < -0.39 is 0 Å². The second kappa shape index (κ2) is 4.34. The van der Waals surface area contributed by atoms with Crippen molar-refractivity contribution in [1.82, 2.24) is 14.8 Å². The van der Waals surface area contributed by atoms with E-state index >= 15 is 0 Å². The van der Waals surface area contributed by atoms with Gasteiger partial charge in [0, 0.05) is 24.5 Å². The summed E-state index contributed by atoms with van der Waals surface area (Å²) in [4.78, 5) is 0. The first-order valence-electron chi connectivity index (χ1n) is 5.65. The van der Waals surface area contributed by atoms with E-state index in [4.69, 9.17) is 16.3 Å². The Labute approximate surface area is 101 Å². The highest BCUT2D eigenvalue weighted by atomic mass is 35.5. The molecule has 0 spiro atoms. The molecule has 1 aromatic rings. The molecule has 0 N–H and O–H groups in total. The van der Waals surface area contributed by atoms with Gasteiger partial charge in [0.15, 0.2) is 0 Å². The fourth-order valence-corrected chi connectivity index (χ4v) is 2.17. The third-order valence-corrected chi connectivity index (χ3v) is 3.12. The second-order valence-electron chi connectivity index (χ2n) is 5.38. The molecule has 0 aliphatic carbocycles. The zero-order valence-electron chi connectivity index (χ0n) is 10.0. The fraction of sp³-hybridized carbons (Fsp3) is 0.818. The molecule has 90 valence electrons. The molecule has 0 aromatic carbocycles. The maximum absolute atomic E-state index is 6.08. The van der Waals surface area contributed by atoms with Crippen molar-refractivity contribution < 1.29 is 4.74 Å². The maximum atomic E-state index is 6.08. The first kappa shape index (κ1) is 11.9. The molecular formula is C11H18ClN3O. The summed E-state index contributed by atoms with van der Waals surface area (Å²) in [5, 5.41) is 8.62. The minimum Gasteiger partial charge on any atom is -0.381 e. The average Bonchev–Trinajstić information content (AvgIpc) is 2.76. The minimum atomic E-state index is -0.0282. The van der Waals surface area contributed by atoms with Gasteiger partial charge in [-0.05, 0) is 18.0 Å². The summed E-state index contributed by atoms with van der Waals surface area (Å²) in [6.07, 6.45) is 1.10. The summed E-state index contributed by atoms with van der Waals surface area (Å²) in [7, 11) is 0. The summed E-state index contributed by atoms with van der Waals surface area (Å²) in [5.41, 5.74) is -0.0282. The van der Waals surface area contributed by atoms with Crippen molar-refractivity contribution in [2.75, 3.05) is 13.2 Å². The van der Waals surface area contributed by atoms with Gasteiger partial charge in [-0.15, -0.1) is 10.2 Å². The van der Waals surface area contributed by atoms with E-state index in [1.165, 1.54) is 0 Å². The Kier molecular flexibility index (Phi) is 3.22. The molecule has 0 bridgehead atoms. The number of aromatic nitrogens is 3. The average molecular weight is 244 g/mol. The van der Waals surface area contributed by atoms with Gasteiger partial charge in [-0.1, -0.05) is 20.8 Å². The molecule has 0 saturated carbocycles. The Morgan fingerprint density at radius 3 is 2.75 bits per heavy atom. The number of rotatable bonds is 2. The van der Waals surface area contributed by atoms with Crippen molar-refractivity contribution in [2.24, 2.45) is 5.92 Å². The Morgan fingerprint density at radius 1 is 1.44 bits per heavy atom. The van der Waals surface area contributed by atoms with Crippen molar-refractivity contribution in [3.05, 3.63) is 11.1 Å². The molecule has 2 rings (SSSR count). The van der Waals surface area contributed by atoms with Crippen LogP contribution < -0.4 is 0 Å². The van der Waals surface area contributed by atoms with Crippen LogP contribution in [0, 0.1) is 5.92 Å². The Hall–Kier alpha value is -0.610. The van der Waals surface area contributed by atoms with Crippen LogP contribution in [0.5, 0.6) is 0 Å². The van der Waals surface area contributed by atoms with Crippen molar-refractivity contribution in [2.45, 2.75) is 39.2 Å². The van der Waals surface area contributed by atoms with E-state index in [2.05, 4.69) is 31.0 Å². The highest BCUT2D eigenvalue weighted by Crippen LogP contribution is 2.25. The molecule has 1 aliphatic heterocycles. The van der Waals surface area contributed by atoms with Gasteiger partial charge in [0.05, 0.1) is 6.61 Å². The maximum Gasteiger partial charge on any atom is 0.225 e. The number of halogens is 1. The topological polar surface area (TPSA) is 39.9 Å². The van der Waals surface area contributed by atoms with Crippen molar-refractivity contribution >= 4 is 11.6 Å². The van der Waals surface area contributed by atoms with Crippen LogP contribution in [0.1, 0.15) is 33.0 Å². The molecule has 1 fully saturated rings. The van der Waals surface area contributed by atoms with Gasteiger partial charge in [-0.3, -0.25) is 0 Å². The van der Waals surface area contributed by atoms with Crippen LogP contribution >= 0.6 is 11.6 Å². The van der Waals surface area contributed by atoms with Gasteiger partial charge in [0.1, 0.15) is 5.82 Å². The number of ether oxygens (including phenoxy) is 1. The van der Waals surface area contributed by atoms with E-state index in [9.17, 15) is 0 Å².